The fourth-order valence-electron chi connectivity index (χ4n) is 3.57. The minimum atomic E-state index is 0.274. The van der Waals surface area contributed by atoms with Gasteiger partial charge in [-0.25, -0.2) is 0 Å². The van der Waals surface area contributed by atoms with Crippen LogP contribution in [0.2, 0.25) is 0 Å². The van der Waals surface area contributed by atoms with Crippen molar-refractivity contribution in [3.8, 4) is 0 Å². The molecule has 3 rings (SSSR count). The Hall–Kier alpha value is -1.62. The number of benzene rings is 1. The van der Waals surface area contributed by atoms with E-state index in [4.69, 9.17) is 0 Å². The molecule has 5 heteroatoms. The summed E-state index contributed by atoms with van der Waals surface area (Å²) in [6, 6.07) is 8.43. The van der Waals surface area contributed by atoms with Gasteiger partial charge in [-0.05, 0) is 24.0 Å². The second-order valence-corrected chi connectivity index (χ2v) is 8.46. The quantitative estimate of drug-likeness (QED) is 0.671. The zero-order valence-electron chi connectivity index (χ0n) is 15.1. The summed E-state index contributed by atoms with van der Waals surface area (Å²) < 4.78 is 1.93. The van der Waals surface area contributed by atoms with E-state index in [1.807, 2.05) is 11.6 Å². The molecule has 0 unspecified atom stereocenters. The molecular weight excluding hydrogens is 330 g/mol. The highest BCUT2D eigenvalue weighted by atomic mass is 32.2. The van der Waals surface area contributed by atoms with Crippen LogP contribution in [-0.4, -0.2) is 20.5 Å². The molecule has 1 aromatic carbocycles. The molecule has 2 aromatic rings. The molecule has 1 aliphatic carbocycles. The van der Waals surface area contributed by atoms with Crippen molar-refractivity contribution in [2.75, 3.05) is 0 Å². The third-order valence-electron chi connectivity index (χ3n) is 5.01. The third kappa shape index (κ3) is 5.18. The fourth-order valence-corrected chi connectivity index (χ4v) is 4.48. The Kier molecular flexibility index (Phi) is 6.29. The molecule has 0 radical (unpaired) electrons. The monoisotopic (exact) mass is 357 g/mol. The Morgan fingerprint density at radius 2 is 2.12 bits per heavy atom. The van der Waals surface area contributed by atoms with Crippen molar-refractivity contribution in [1.82, 2.24) is 14.8 Å². The summed E-state index contributed by atoms with van der Waals surface area (Å²) >= 11 is 1.69. The van der Waals surface area contributed by atoms with E-state index in [0.717, 1.165) is 17.1 Å². The van der Waals surface area contributed by atoms with Gasteiger partial charge in [-0.1, -0.05) is 68.1 Å². The van der Waals surface area contributed by atoms with E-state index in [0.29, 0.717) is 18.1 Å². The number of hydrogen-bond acceptors (Lipinski definition) is 4. The van der Waals surface area contributed by atoms with E-state index < -0.39 is 0 Å². The lowest BCUT2D eigenvalue weighted by molar-refractivity contribution is -0.119. The molecule has 0 N–H and O–H groups in total. The smallest absolute Gasteiger partial charge is 0.191 e. The van der Waals surface area contributed by atoms with Gasteiger partial charge in [-0.3, -0.25) is 4.79 Å². The van der Waals surface area contributed by atoms with E-state index in [1.54, 1.807) is 18.1 Å². The number of hydrogen-bond donors (Lipinski definition) is 0. The molecular formula is C20H27N3OS. The number of carbonyl (C=O) groups is 1. The van der Waals surface area contributed by atoms with Gasteiger partial charge >= 0.3 is 0 Å². The van der Waals surface area contributed by atoms with Crippen LogP contribution in [0.4, 0.5) is 0 Å². The number of thioether (sulfide) groups is 1. The predicted molar refractivity (Wildman–Crippen MR) is 102 cm³/mol. The van der Waals surface area contributed by atoms with Crippen LogP contribution >= 0.6 is 11.8 Å². The lowest BCUT2D eigenvalue weighted by Crippen LogP contribution is -2.13. The standard InChI is InChI=1S/C20H27N3OS/c1-15(25-20-22-21-14-23(20)2)18-10-6-9-17(11-18)13-19(24)12-16-7-4-3-5-8-16/h6,9-11,14-16H,3-5,7-8,12-13H2,1-2H3/t15-/m0/s1. The van der Waals surface area contributed by atoms with Crippen molar-refractivity contribution >= 4 is 17.5 Å². The zero-order valence-corrected chi connectivity index (χ0v) is 16.0. The number of aromatic nitrogens is 3. The molecule has 0 aliphatic heterocycles. The summed E-state index contributed by atoms with van der Waals surface area (Å²) in [7, 11) is 1.95. The maximum absolute atomic E-state index is 12.4. The lowest BCUT2D eigenvalue weighted by atomic mass is 9.85. The normalized spacial score (nSPS) is 16.7. The molecule has 134 valence electrons. The highest BCUT2D eigenvalue weighted by Crippen LogP contribution is 2.33. The van der Waals surface area contributed by atoms with Crippen LogP contribution in [0.25, 0.3) is 0 Å². The van der Waals surface area contributed by atoms with Gasteiger partial charge in [0.1, 0.15) is 12.1 Å². The number of Topliss-reactive ketones (excluding diaryl/α,β-unsaturated/α-hetero) is 1. The Morgan fingerprint density at radius 3 is 2.84 bits per heavy atom. The van der Waals surface area contributed by atoms with Gasteiger partial charge < -0.3 is 4.57 Å². The number of rotatable bonds is 7. The number of ketones is 1. The first-order valence-electron chi connectivity index (χ1n) is 9.23. The molecule has 1 aliphatic rings. The van der Waals surface area contributed by atoms with Gasteiger partial charge in [0.25, 0.3) is 0 Å². The topological polar surface area (TPSA) is 47.8 Å². The van der Waals surface area contributed by atoms with Gasteiger partial charge in [-0.15, -0.1) is 10.2 Å². The first kappa shape index (κ1) is 18.2. The van der Waals surface area contributed by atoms with Gasteiger partial charge in [-0.2, -0.15) is 0 Å². The van der Waals surface area contributed by atoms with E-state index >= 15 is 0 Å². The van der Waals surface area contributed by atoms with E-state index in [-0.39, 0.29) is 5.25 Å². The largest absolute Gasteiger partial charge is 0.312 e. The summed E-state index contributed by atoms with van der Waals surface area (Å²) in [5, 5.41) is 9.25. The molecule has 0 amide bonds. The average molecular weight is 358 g/mol. The maximum atomic E-state index is 12.4. The van der Waals surface area contributed by atoms with Crippen molar-refractivity contribution in [1.29, 1.82) is 0 Å². The van der Waals surface area contributed by atoms with Crippen LogP contribution in [0.15, 0.2) is 35.7 Å². The van der Waals surface area contributed by atoms with Crippen molar-refractivity contribution < 1.29 is 4.79 Å². The van der Waals surface area contributed by atoms with Crippen LogP contribution in [0.5, 0.6) is 0 Å². The molecule has 1 atom stereocenters. The Labute approximate surface area is 154 Å². The van der Waals surface area contributed by atoms with Gasteiger partial charge in [0.2, 0.25) is 0 Å². The minimum Gasteiger partial charge on any atom is -0.312 e. The summed E-state index contributed by atoms with van der Waals surface area (Å²) in [5.74, 6) is 1.01. The molecule has 1 aromatic heterocycles. The van der Waals surface area contributed by atoms with Crippen molar-refractivity contribution in [3.05, 3.63) is 41.7 Å². The van der Waals surface area contributed by atoms with Crippen LogP contribution in [0, 0.1) is 5.92 Å². The van der Waals surface area contributed by atoms with Crippen molar-refractivity contribution in [3.63, 3.8) is 0 Å². The molecule has 1 heterocycles. The first-order chi connectivity index (χ1) is 12.1. The van der Waals surface area contributed by atoms with Crippen molar-refractivity contribution in [2.45, 2.75) is 62.3 Å². The fraction of sp³-hybridized carbons (Fsp3) is 0.550. The second-order valence-electron chi connectivity index (χ2n) is 7.15. The minimum absolute atomic E-state index is 0.274. The van der Waals surface area contributed by atoms with Crippen LogP contribution in [0.1, 0.15) is 61.8 Å². The number of carbonyl (C=O) groups excluding carboxylic acids is 1. The zero-order chi connectivity index (χ0) is 17.6. The Morgan fingerprint density at radius 1 is 1.32 bits per heavy atom. The molecule has 0 bridgehead atoms. The van der Waals surface area contributed by atoms with Crippen molar-refractivity contribution in [2.24, 2.45) is 13.0 Å². The number of nitrogens with zero attached hydrogens (tertiary/aromatic N) is 3. The maximum Gasteiger partial charge on any atom is 0.191 e. The van der Waals surface area contributed by atoms with Crippen LogP contribution < -0.4 is 0 Å². The first-order valence-corrected chi connectivity index (χ1v) is 10.1. The summed E-state index contributed by atoms with van der Waals surface area (Å²) in [4.78, 5) is 12.4. The predicted octanol–water partition coefficient (Wildman–Crippen LogP) is 4.75. The molecule has 1 fully saturated rings. The molecule has 0 spiro atoms. The molecule has 4 nitrogen and oxygen atoms in total. The SMILES string of the molecule is C[C@H](Sc1nncn1C)c1cccc(CC(=O)CC2CCCCC2)c1. The van der Waals surface area contributed by atoms with Crippen LogP contribution in [-0.2, 0) is 18.3 Å². The Balaban J connectivity index is 1.58. The summed E-state index contributed by atoms with van der Waals surface area (Å²) in [5.41, 5.74) is 2.36. The second kappa shape index (κ2) is 8.65. The molecule has 1 saturated carbocycles. The molecule has 0 saturated heterocycles. The highest BCUT2D eigenvalue weighted by molar-refractivity contribution is 7.99. The average Bonchev–Trinajstić information content (AvgIpc) is 3.00. The Bertz CT molecular complexity index is 706. The van der Waals surface area contributed by atoms with E-state index in [1.165, 1.54) is 37.7 Å². The summed E-state index contributed by atoms with van der Waals surface area (Å²) in [6.45, 7) is 2.17. The van der Waals surface area contributed by atoms with E-state index in [9.17, 15) is 4.79 Å². The lowest BCUT2D eigenvalue weighted by Gasteiger charge is -2.20. The van der Waals surface area contributed by atoms with Gasteiger partial charge in [0.15, 0.2) is 5.16 Å². The van der Waals surface area contributed by atoms with Gasteiger partial charge in [0, 0.05) is 25.1 Å². The highest BCUT2D eigenvalue weighted by Gasteiger charge is 2.18. The van der Waals surface area contributed by atoms with E-state index in [2.05, 4.69) is 41.4 Å². The molecule has 25 heavy (non-hydrogen) atoms. The third-order valence-corrected chi connectivity index (χ3v) is 6.22. The van der Waals surface area contributed by atoms with Gasteiger partial charge in [0.05, 0.1) is 0 Å². The number of aryl methyl sites for hydroxylation is 1. The summed E-state index contributed by atoms with van der Waals surface area (Å²) in [6.07, 6.45) is 9.44. The van der Waals surface area contributed by atoms with Crippen LogP contribution in [0.3, 0.4) is 0 Å².